The van der Waals surface area contributed by atoms with Gasteiger partial charge in [0.15, 0.2) is 11.5 Å². The Kier molecular flexibility index (Phi) is 3.17. The first-order valence-corrected chi connectivity index (χ1v) is 7.28. The topological polar surface area (TPSA) is 44.5 Å². The third-order valence-corrected chi connectivity index (χ3v) is 4.84. The molecule has 0 amide bonds. The molecular formula is C16H23NO2. The fourth-order valence-electron chi connectivity index (χ4n) is 3.50. The first-order valence-electron chi connectivity index (χ1n) is 7.28. The summed E-state index contributed by atoms with van der Waals surface area (Å²) in [6.07, 6.45) is 4.86. The van der Waals surface area contributed by atoms with Gasteiger partial charge in [-0.05, 0) is 37.8 Å². The number of rotatable bonds is 2. The van der Waals surface area contributed by atoms with E-state index in [0.29, 0.717) is 19.8 Å². The molecule has 3 heteroatoms. The summed E-state index contributed by atoms with van der Waals surface area (Å²) in [7, 11) is 0. The Morgan fingerprint density at radius 2 is 1.74 bits per heavy atom. The molecule has 1 aliphatic heterocycles. The maximum Gasteiger partial charge on any atom is 0.165 e. The number of nitrogens with two attached hydrogens (primary N) is 1. The smallest absolute Gasteiger partial charge is 0.165 e. The van der Waals surface area contributed by atoms with E-state index in [2.05, 4.69) is 19.9 Å². The first kappa shape index (κ1) is 12.8. The standard InChI is InChI=1S/C16H23NO2/c1-11-9-13(16(10-17)5-3-4-6-16)15-14(12(11)2)18-7-8-19-15/h9H,3-8,10,17H2,1-2H3. The van der Waals surface area contributed by atoms with Gasteiger partial charge in [-0.15, -0.1) is 0 Å². The summed E-state index contributed by atoms with van der Waals surface area (Å²) in [5, 5.41) is 0. The van der Waals surface area contributed by atoms with Crippen molar-refractivity contribution in [3.05, 3.63) is 22.8 Å². The predicted octanol–water partition coefficient (Wildman–Crippen LogP) is 2.85. The minimum atomic E-state index is 0.100. The van der Waals surface area contributed by atoms with Crippen molar-refractivity contribution in [1.82, 2.24) is 0 Å². The highest BCUT2D eigenvalue weighted by atomic mass is 16.6. The van der Waals surface area contributed by atoms with Gasteiger partial charge in [-0.3, -0.25) is 0 Å². The highest BCUT2D eigenvalue weighted by Gasteiger charge is 2.39. The summed E-state index contributed by atoms with van der Waals surface area (Å²) in [5.74, 6) is 1.91. The summed E-state index contributed by atoms with van der Waals surface area (Å²) in [6.45, 7) is 6.24. The molecular weight excluding hydrogens is 238 g/mol. The summed E-state index contributed by atoms with van der Waals surface area (Å²) in [6, 6.07) is 2.28. The van der Waals surface area contributed by atoms with Crippen LogP contribution in [0.25, 0.3) is 0 Å². The zero-order valence-corrected chi connectivity index (χ0v) is 11.9. The van der Waals surface area contributed by atoms with E-state index in [-0.39, 0.29) is 5.41 Å². The van der Waals surface area contributed by atoms with Gasteiger partial charge in [0, 0.05) is 17.5 Å². The van der Waals surface area contributed by atoms with Gasteiger partial charge in [-0.1, -0.05) is 18.9 Å². The van der Waals surface area contributed by atoms with E-state index in [0.717, 1.165) is 11.5 Å². The molecule has 19 heavy (non-hydrogen) atoms. The van der Waals surface area contributed by atoms with Crippen LogP contribution in [0.5, 0.6) is 11.5 Å². The van der Waals surface area contributed by atoms with Crippen LogP contribution in [0.1, 0.15) is 42.4 Å². The van der Waals surface area contributed by atoms with Crippen LogP contribution in [0.15, 0.2) is 6.07 Å². The van der Waals surface area contributed by atoms with Crippen molar-refractivity contribution in [2.75, 3.05) is 19.8 Å². The molecule has 0 radical (unpaired) electrons. The van der Waals surface area contributed by atoms with E-state index in [1.54, 1.807) is 0 Å². The largest absolute Gasteiger partial charge is 0.486 e. The minimum absolute atomic E-state index is 0.100. The Balaban J connectivity index is 2.18. The Bertz CT molecular complexity index is 490. The molecule has 0 atom stereocenters. The highest BCUT2D eigenvalue weighted by molar-refractivity contribution is 5.58. The van der Waals surface area contributed by atoms with E-state index < -0.39 is 0 Å². The van der Waals surface area contributed by atoms with Crippen molar-refractivity contribution in [3.8, 4) is 11.5 Å². The third-order valence-electron chi connectivity index (χ3n) is 4.84. The number of benzene rings is 1. The summed E-state index contributed by atoms with van der Waals surface area (Å²) >= 11 is 0. The molecule has 104 valence electrons. The lowest BCUT2D eigenvalue weighted by atomic mass is 9.77. The molecule has 1 aromatic carbocycles. The van der Waals surface area contributed by atoms with E-state index >= 15 is 0 Å². The van der Waals surface area contributed by atoms with Crippen LogP contribution in [-0.4, -0.2) is 19.8 Å². The molecule has 1 aromatic rings. The van der Waals surface area contributed by atoms with Crippen LogP contribution in [0, 0.1) is 13.8 Å². The average Bonchev–Trinajstić information content (AvgIpc) is 2.93. The van der Waals surface area contributed by atoms with Gasteiger partial charge in [0.05, 0.1) is 0 Å². The van der Waals surface area contributed by atoms with Crippen LogP contribution < -0.4 is 15.2 Å². The molecule has 3 nitrogen and oxygen atoms in total. The molecule has 2 N–H and O–H groups in total. The maximum atomic E-state index is 6.13. The Hall–Kier alpha value is -1.22. The molecule has 2 aliphatic rings. The monoisotopic (exact) mass is 261 g/mol. The molecule has 0 spiro atoms. The zero-order chi connectivity index (χ0) is 13.5. The van der Waals surface area contributed by atoms with Crippen molar-refractivity contribution < 1.29 is 9.47 Å². The second kappa shape index (κ2) is 4.71. The fraction of sp³-hybridized carbons (Fsp3) is 0.625. The number of hydrogen-bond acceptors (Lipinski definition) is 3. The minimum Gasteiger partial charge on any atom is -0.486 e. The lowest BCUT2D eigenvalue weighted by Gasteiger charge is -2.33. The molecule has 1 aliphatic carbocycles. The molecule has 0 bridgehead atoms. The Morgan fingerprint density at radius 3 is 2.37 bits per heavy atom. The fourth-order valence-corrected chi connectivity index (χ4v) is 3.50. The molecule has 1 saturated carbocycles. The van der Waals surface area contributed by atoms with E-state index in [1.165, 1.54) is 42.4 Å². The van der Waals surface area contributed by atoms with Crippen molar-refractivity contribution in [3.63, 3.8) is 0 Å². The van der Waals surface area contributed by atoms with Crippen LogP contribution in [0.2, 0.25) is 0 Å². The Labute approximate surface area is 115 Å². The van der Waals surface area contributed by atoms with Gasteiger partial charge in [-0.2, -0.15) is 0 Å². The maximum absolute atomic E-state index is 6.13. The van der Waals surface area contributed by atoms with E-state index in [1.807, 2.05) is 0 Å². The third kappa shape index (κ3) is 1.91. The van der Waals surface area contributed by atoms with Gasteiger partial charge in [-0.25, -0.2) is 0 Å². The summed E-state index contributed by atoms with van der Waals surface area (Å²) < 4.78 is 11.8. The predicted molar refractivity (Wildman–Crippen MR) is 76.1 cm³/mol. The van der Waals surface area contributed by atoms with Crippen LogP contribution >= 0.6 is 0 Å². The van der Waals surface area contributed by atoms with Gasteiger partial charge in [0.1, 0.15) is 13.2 Å². The number of fused-ring (bicyclic) bond motifs is 1. The van der Waals surface area contributed by atoms with Crippen molar-refractivity contribution in [2.24, 2.45) is 5.73 Å². The summed E-state index contributed by atoms with van der Waals surface area (Å²) in [5.41, 5.74) is 9.98. The van der Waals surface area contributed by atoms with Crippen LogP contribution in [0.3, 0.4) is 0 Å². The van der Waals surface area contributed by atoms with E-state index in [9.17, 15) is 0 Å². The van der Waals surface area contributed by atoms with Gasteiger partial charge >= 0.3 is 0 Å². The molecule has 0 saturated heterocycles. The molecule has 0 aromatic heterocycles. The van der Waals surface area contributed by atoms with Crippen molar-refractivity contribution in [1.29, 1.82) is 0 Å². The second-order valence-corrected chi connectivity index (χ2v) is 5.91. The Morgan fingerprint density at radius 1 is 1.11 bits per heavy atom. The molecule has 3 rings (SSSR count). The zero-order valence-electron chi connectivity index (χ0n) is 11.9. The van der Waals surface area contributed by atoms with Crippen LogP contribution in [0.4, 0.5) is 0 Å². The van der Waals surface area contributed by atoms with Gasteiger partial charge in [0.25, 0.3) is 0 Å². The first-order chi connectivity index (χ1) is 9.18. The normalized spacial score (nSPS) is 20.6. The average molecular weight is 261 g/mol. The molecule has 1 fully saturated rings. The molecule has 1 heterocycles. The second-order valence-electron chi connectivity index (χ2n) is 5.91. The van der Waals surface area contributed by atoms with Crippen molar-refractivity contribution >= 4 is 0 Å². The lowest BCUT2D eigenvalue weighted by Crippen LogP contribution is -2.33. The quantitative estimate of drug-likeness (QED) is 0.890. The highest BCUT2D eigenvalue weighted by Crippen LogP contribution is 2.49. The number of hydrogen-bond donors (Lipinski definition) is 1. The van der Waals surface area contributed by atoms with Crippen LogP contribution in [-0.2, 0) is 5.41 Å². The number of aryl methyl sites for hydroxylation is 1. The van der Waals surface area contributed by atoms with Gasteiger partial charge < -0.3 is 15.2 Å². The molecule has 0 unspecified atom stereocenters. The SMILES string of the molecule is Cc1cc(C2(CN)CCCC2)c2c(c1C)OCCO2. The van der Waals surface area contributed by atoms with Crippen molar-refractivity contribution in [2.45, 2.75) is 44.9 Å². The van der Waals surface area contributed by atoms with Gasteiger partial charge in [0.2, 0.25) is 0 Å². The lowest BCUT2D eigenvalue weighted by molar-refractivity contribution is 0.165. The summed E-state index contributed by atoms with van der Waals surface area (Å²) in [4.78, 5) is 0. The number of ether oxygens (including phenoxy) is 2. The van der Waals surface area contributed by atoms with E-state index in [4.69, 9.17) is 15.2 Å².